The van der Waals surface area contributed by atoms with Crippen LogP contribution in [0.5, 0.6) is 0 Å². The van der Waals surface area contributed by atoms with Crippen molar-refractivity contribution in [1.29, 1.82) is 0 Å². The molecular weight excluding hydrogens is 234 g/mol. The van der Waals surface area contributed by atoms with Crippen LogP contribution >= 0.6 is 11.8 Å². The molecule has 0 unspecified atom stereocenters. The van der Waals surface area contributed by atoms with Gasteiger partial charge in [-0.05, 0) is 11.7 Å². The number of hydrogen-bond donors (Lipinski definition) is 1. The second-order valence-electron chi connectivity index (χ2n) is 4.89. The molecule has 1 rings (SSSR count). The monoisotopic (exact) mass is 253 g/mol. The molecule has 94 valence electrons. The Hall–Kier alpha value is -1.10. The topological polar surface area (TPSA) is 54.9 Å². The molecule has 0 aromatic carbocycles. The van der Waals surface area contributed by atoms with E-state index in [0.717, 1.165) is 0 Å². The lowest BCUT2D eigenvalue weighted by atomic mass is 9.91. The fraction of sp³-hybridized carbons (Fsp3) is 0.583. The van der Waals surface area contributed by atoms with Gasteiger partial charge in [0.15, 0.2) is 0 Å². The van der Waals surface area contributed by atoms with Crippen molar-refractivity contribution >= 4 is 17.7 Å². The minimum atomic E-state index is -0.165. The first-order valence-corrected chi connectivity index (χ1v) is 6.81. The lowest BCUT2D eigenvalue weighted by molar-refractivity contribution is 0.0945. The van der Waals surface area contributed by atoms with Gasteiger partial charge >= 0.3 is 0 Å². The van der Waals surface area contributed by atoms with Crippen LogP contribution in [0.3, 0.4) is 0 Å². The Morgan fingerprint density at radius 1 is 1.47 bits per heavy atom. The number of carbonyl (C=O) groups excluding carboxylic acids is 1. The Balaban J connectivity index is 2.54. The third-order valence-corrected chi connectivity index (χ3v) is 3.94. The van der Waals surface area contributed by atoms with Gasteiger partial charge in [0.05, 0.1) is 6.20 Å². The smallest absolute Gasteiger partial charge is 0.271 e. The first kappa shape index (κ1) is 14.0. The fourth-order valence-electron chi connectivity index (χ4n) is 1.44. The van der Waals surface area contributed by atoms with E-state index in [-0.39, 0.29) is 11.3 Å². The highest BCUT2D eigenvalue weighted by molar-refractivity contribution is 7.99. The summed E-state index contributed by atoms with van der Waals surface area (Å²) in [6, 6.07) is 0. The second-order valence-corrected chi connectivity index (χ2v) is 5.93. The van der Waals surface area contributed by atoms with Crippen molar-refractivity contribution in [2.45, 2.75) is 26.0 Å². The Bertz CT molecular complexity index is 362. The van der Waals surface area contributed by atoms with E-state index in [1.54, 1.807) is 18.0 Å². The van der Waals surface area contributed by atoms with E-state index in [1.807, 2.05) is 0 Å². The summed E-state index contributed by atoms with van der Waals surface area (Å²) in [5.74, 6) is -0.165. The van der Waals surface area contributed by atoms with Gasteiger partial charge in [-0.15, -0.1) is 0 Å². The Labute approximate surface area is 107 Å². The van der Waals surface area contributed by atoms with E-state index in [2.05, 4.69) is 42.3 Å². The maximum atomic E-state index is 11.8. The molecule has 17 heavy (non-hydrogen) atoms. The van der Waals surface area contributed by atoms with Crippen molar-refractivity contribution in [3.8, 4) is 0 Å². The predicted octanol–water partition coefficient (Wildman–Crippen LogP) is 1.98. The number of nitrogens with one attached hydrogen (secondary N) is 1. The molecule has 0 radical (unpaired) electrons. The zero-order chi connectivity index (χ0) is 12.9. The summed E-state index contributed by atoms with van der Waals surface area (Å²) in [5, 5.41) is 3.27. The Kier molecular flexibility index (Phi) is 4.93. The highest BCUT2D eigenvalue weighted by Crippen LogP contribution is 2.27. The minimum Gasteiger partial charge on any atom is -0.350 e. The maximum absolute atomic E-state index is 11.8. The Morgan fingerprint density at radius 3 is 2.65 bits per heavy atom. The molecule has 0 aliphatic heterocycles. The van der Waals surface area contributed by atoms with E-state index in [4.69, 9.17) is 0 Å². The van der Waals surface area contributed by atoms with Crippen LogP contribution in [-0.4, -0.2) is 33.9 Å². The molecule has 4 nitrogen and oxygen atoms in total. The van der Waals surface area contributed by atoms with Crippen LogP contribution in [0.2, 0.25) is 0 Å². The summed E-state index contributed by atoms with van der Waals surface area (Å²) in [7, 11) is 0. The summed E-state index contributed by atoms with van der Waals surface area (Å²) in [6.07, 6.45) is 6.60. The van der Waals surface area contributed by atoms with Crippen molar-refractivity contribution < 1.29 is 4.79 Å². The number of rotatable bonds is 4. The lowest BCUT2D eigenvalue weighted by Gasteiger charge is -2.29. The lowest BCUT2D eigenvalue weighted by Crippen LogP contribution is -2.37. The molecule has 1 aromatic rings. The average Bonchev–Trinajstić information content (AvgIpc) is 2.29. The molecule has 1 heterocycles. The highest BCUT2D eigenvalue weighted by atomic mass is 32.2. The van der Waals surface area contributed by atoms with Crippen LogP contribution < -0.4 is 5.32 Å². The van der Waals surface area contributed by atoms with Gasteiger partial charge in [-0.25, -0.2) is 4.98 Å². The molecule has 1 amide bonds. The number of nitrogens with zero attached hydrogens (tertiary/aromatic N) is 2. The summed E-state index contributed by atoms with van der Waals surface area (Å²) in [4.78, 5) is 19.6. The molecule has 0 bridgehead atoms. The molecule has 1 N–H and O–H groups in total. The van der Waals surface area contributed by atoms with Crippen LogP contribution in [0.1, 0.15) is 31.3 Å². The van der Waals surface area contributed by atoms with E-state index in [9.17, 15) is 4.79 Å². The standard InChI is InChI=1S/C12H19N3OS/c1-12(2,3)10(17-4)8-15-11(16)9-7-13-5-6-14-9/h5-7,10H,8H2,1-4H3,(H,15,16)/t10-/m0/s1. The first-order valence-electron chi connectivity index (χ1n) is 5.52. The zero-order valence-corrected chi connectivity index (χ0v) is 11.5. The van der Waals surface area contributed by atoms with Gasteiger partial charge < -0.3 is 5.32 Å². The van der Waals surface area contributed by atoms with Crippen LogP contribution in [0.25, 0.3) is 0 Å². The minimum absolute atomic E-state index is 0.162. The van der Waals surface area contributed by atoms with Crippen molar-refractivity contribution in [3.63, 3.8) is 0 Å². The van der Waals surface area contributed by atoms with Gasteiger partial charge in [0, 0.05) is 24.2 Å². The molecule has 0 aliphatic carbocycles. The van der Waals surface area contributed by atoms with Crippen molar-refractivity contribution in [3.05, 3.63) is 24.3 Å². The molecule has 0 spiro atoms. The van der Waals surface area contributed by atoms with Crippen molar-refractivity contribution in [1.82, 2.24) is 15.3 Å². The van der Waals surface area contributed by atoms with Gasteiger partial charge in [-0.2, -0.15) is 11.8 Å². The van der Waals surface area contributed by atoms with Crippen LogP contribution in [0.15, 0.2) is 18.6 Å². The van der Waals surface area contributed by atoms with E-state index >= 15 is 0 Å². The normalized spacial score (nSPS) is 13.2. The van der Waals surface area contributed by atoms with Gasteiger partial charge in [0.2, 0.25) is 0 Å². The van der Waals surface area contributed by atoms with E-state index in [0.29, 0.717) is 17.5 Å². The molecular formula is C12H19N3OS. The summed E-state index contributed by atoms with van der Waals surface area (Å²) >= 11 is 1.76. The molecule has 5 heteroatoms. The second kappa shape index (κ2) is 6.00. The third-order valence-electron chi connectivity index (χ3n) is 2.49. The number of aromatic nitrogens is 2. The zero-order valence-electron chi connectivity index (χ0n) is 10.7. The van der Waals surface area contributed by atoms with Gasteiger partial charge in [0.1, 0.15) is 5.69 Å². The number of carbonyl (C=O) groups is 1. The highest BCUT2D eigenvalue weighted by Gasteiger charge is 2.24. The fourth-order valence-corrected chi connectivity index (χ4v) is 2.39. The molecule has 1 atom stereocenters. The van der Waals surface area contributed by atoms with Gasteiger partial charge in [-0.1, -0.05) is 20.8 Å². The first-order chi connectivity index (χ1) is 7.95. The Morgan fingerprint density at radius 2 is 2.18 bits per heavy atom. The maximum Gasteiger partial charge on any atom is 0.271 e. The van der Waals surface area contributed by atoms with Crippen molar-refractivity contribution in [2.24, 2.45) is 5.41 Å². The molecule has 1 aromatic heterocycles. The van der Waals surface area contributed by atoms with Gasteiger partial charge in [0.25, 0.3) is 5.91 Å². The molecule has 0 aliphatic rings. The SMILES string of the molecule is CS[C@@H](CNC(=O)c1cnccn1)C(C)(C)C. The third kappa shape index (κ3) is 4.34. The number of hydrogen-bond acceptors (Lipinski definition) is 4. The van der Waals surface area contributed by atoms with Crippen molar-refractivity contribution in [2.75, 3.05) is 12.8 Å². The average molecular weight is 253 g/mol. The van der Waals surface area contributed by atoms with Crippen LogP contribution in [-0.2, 0) is 0 Å². The van der Waals surface area contributed by atoms with E-state index in [1.165, 1.54) is 12.4 Å². The van der Waals surface area contributed by atoms with E-state index < -0.39 is 0 Å². The largest absolute Gasteiger partial charge is 0.350 e. The van der Waals surface area contributed by atoms with Crippen LogP contribution in [0, 0.1) is 5.41 Å². The van der Waals surface area contributed by atoms with Crippen LogP contribution in [0.4, 0.5) is 0 Å². The number of amides is 1. The molecule has 0 saturated heterocycles. The summed E-state index contributed by atoms with van der Waals surface area (Å²) in [5.41, 5.74) is 0.524. The quantitative estimate of drug-likeness (QED) is 0.891. The molecule has 0 saturated carbocycles. The predicted molar refractivity (Wildman–Crippen MR) is 71.1 cm³/mol. The summed E-state index contributed by atoms with van der Waals surface area (Å²) < 4.78 is 0. The summed E-state index contributed by atoms with van der Waals surface area (Å²) in [6.45, 7) is 7.15. The van der Waals surface area contributed by atoms with Gasteiger partial charge in [-0.3, -0.25) is 9.78 Å². The molecule has 0 fully saturated rings. The number of thioether (sulfide) groups is 1.